The molecule has 0 aliphatic carbocycles. The molecule has 0 spiro atoms. The molecule has 0 saturated heterocycles. The summed E-state index contributed by atoms with van der Waals surface area (Å²) >= 11 is 0. The summed E-state index contributed by atoms with van der Waals surface area (Å²) in [4.78, 5) is 23.3. The SMILES string of the molecule is CC(=O)CC(C)=NNc1ncnc2cccnc12. The van der Waals surface area contributed by atoms with E-state index in [9.17, 15) is 4.79 Å². The summed E-state index contributed by atoms with van der Waals surface area (Å²) in [6.45, 7) is 3.31. The number of ketones is 1. The first-order chi connectivity index (χ1) is 8.66. The van der Waals surface area contributed by atoms with Crippen LogP contribution in [0.25, 0.3) is 11.0 Å². The Morgan fingerprint density at radius 2 is 2.17 bits per heavy atom. The van der Waals surface area contributed by atoms with E-state index in [1.165, 1.54) is 13.3 Å². The summed E-state index contributed by atoms with van der Waals surface area (Å²) in [5, 5.41) is 4.10. The van der Waals surface area contributed by atoms with E-state index < -0.39 is 0 Å². The molecule has 0 unspecified atom stereocenters. The molecule has 1 N–H and O–H groups in total. The lowest BCUT2D eigenvalue weighted by Gasteiger charge is -2.03. The van der Waals surface area contributed by atoms with Crippen molar-refractivity contribution in [3.63, 3.8) is 0 Å². The van der Waals surface area contributed by atoms with E-state index >= 15 is 0 Å². The highest BCUT2D eigenvalue weighted by atomic mass is 16.1. The number of hydrazone groups is 1. The van der Waals surface area contributed by atoms with Gasteiger partial charge in [0.25, 0.3) is 0 Å². The third kappa shape index (κ3) is 2.85. The molecule has 6 heteroatoms. The van der Waals surface area contributed by atoms with E-state index in [1.807, 2.05) is 12.1 Å². The van der Waals surface area contributed by atoms with Gasteiger partial charge in [-0.15, -0.1) is 0 Å². The van der Waals surface area contributed by atoms with Gasteiger partial charge in [-0.25, -0.2) is 9.97 Å². The molecule has 2 rings (SSSR count). The Morgan fingerprint density at radius 3 is 2.94 bits per heavy atom. The summed E-state index contributed by atoms with van der Waals surface area (Å²) in [5.41, 5.74) is 4.91. The number of rotatable bonds is 4. The fraction of sp³-hybridized carbons (Fsp3) is 0.250. The number of carbonyl (C=O) groups is 1. The summed E-state index contributed by atoms with van der Waals surface area (Å²) in [6, 6.07) is 3.66. The van der Waals surface area contributed by atoms with Gasteiger partial charge in [0, 0.05) is 18.3 Å². The predicted molar refractivity (Wildman–Crippen MR) is 69.4 cm³/mol. The molecule has 2 heterocycles. The second-order valence-corrected chi connectivity index (χ2v) is 3.93. The maximum Gasteiger partial charge on any atom is 0.176 e. The number of aromatic nitrogens is 3. The number of anilines is 1. The molecule has 0 fully saturated rings. The highest BCUT2D eigenvalue weighted by Gasteiger charge is 2.03. The Labute approximate surface area is 104 Å². The first-order valence-electron chi connectivity index (χ1n) is 5.51. The number of nitrogens with one attached hydrogen (secondary N) is 1. The van der Waals surface area contributed by atoms with Gasteiger partial charge in [-0.2, -0.15) is 5.10 Å². The molecular weight excluding hydrogens is 230 g/mol. The summed E-state index contributed by atoms with van der Waals surface area (Å²) in [5.74, 6) is 0.604. The normalized spacial score (nSPS) is 11.6. The Morgan fingerprint density at radius 1 is 1.33 bits per heavy atom. The van der Waals surface area contributed by atoms with Gasteiger partial charge < -0.3 is 0 Å². The largest absolute Gasteiger partial charge is 0.300 e. The van der Waals surface area contributed by atoms with Crippen molar-refractivity contribution in [3.05, 3.63) is 24.7 Å². The molecule has 0 atom stereocenters. The average Bonchev–Trinajstić information content (AvgIpc) is 2.35. The van der Waals surface area contributed by atoms with Crippen LogP contribution in [-0.4, -0.2) is 26.4 Å². The number of hydrogen-bond donors (Lipinski definition) is 1. The molecule has 0 saturated carbocycles. The van der Waals surface area contributed by atoms with E-state index in [4.69, 9.17) is 0 Å². The third-order valence-electron chi connectivity index (χ3n) is 2.25. The fourth-order valence-electron chi connectivity index (χ4n) is 1.52. The van der Waals surface area contributed by atoms with Gasteiger partial charge in [0.15, 0.2) is 5.82 Å². The lowest BCUT2D eigenvalue weighted by Crippen LogP contribution is -2.04. The molecule has 0 aliphatic rings. The summed E-state index contributed by atoms with van der Waals surface area (Å²) < 4.78 is 0. The van der Waals surface area contributed by atoms with E-state index in [2.05, 4.69) is 25.5 Å². The monoisotopic (exact) mass is 243 g/mol. The second kappa shape index (κ2) is 5.31. The highest BCUT2D eigenvalue weighted by molar-refractivity contribution is 6.00. The summed E-state index contributed by atoms with van der Waals surface area (Å²) in [7, 11) is 0. The number of carbonyl (C=O) groups excluding carboxylic acids is 1. The molecule has 2 aromatic rings. The van der Waals surface area contributed by atoms with Crippen LogP contribution in [0.2, 0.25) is 0 Å². The number of pyridine rings is 1. The Bertz CT molecular complexity index is 603. The number of hydrogen-bond acceptors (Lipinski definition) is 6. The smallest absolute Gasteiger partial charge is 0.176 e. The van der Waals surface area contributed by atoms with Crippen molar-refractivity contribution >= 4 is 28.3 Å². The van der Waals surface area contributed by atoms with Gasteiger partial charge in [-0.1, -0.05) is 0 Å². The van der Waals surface area contributed by atoms with Crippen molar-refractivity contribution < 1.29 is 4.79 Å². The molecule has 92 valence electrons. The number of Topliss-reactive ketones (excluding diaryl/α,β-unsaturated/α-hetero) is 1. The molecule has 0 amide bonds. The fourth-order valence-corrected chi connectivity index (χ4v) is 1.52. The molecule has 0 bridgehead atoms. The van der Waals surface area contributed by atoms with Crippen molar-refractivity contribution in [1.29, 1.82) is 0 Å². The van der Waals surface area contributed by atoms with E-state index in [1.54, 1.807) is 13.1 Å². The maximum atomic E-state index is 10.9. The lowest BCUT2D eigenvalue weighted by atomic mass is 10.2. The van der Waals surface area contributed by atoms with Gasteiger partial charge in [-0.3, -0.25) is 15.2 Å². The molecule has 0 aromatic carbocycles. The molecule has 0 aliphatic heterocycles. The van der Waals surface area contributed by atoms with Crippen LogP contribution in [0.1, 0.15) is 20.3 Å². The van der Waals surface area contributed by atoms with Crippen molar-refractivity contribution in [2.45, 2.75) is 20.3 Å². The highest BCUT2D eigenvalue weighted by Crippen LogP contribution is 2.15. The second-order valence-electron chi connectivity index (χ2n) is 3.93. The minimum atomic E-state index is 0.0729. The van der Waals surface area contributed by atoms with Crippen molar-refractivity contribution in [2.75, 3.05) is 5.43 Å². The molecule has 6 nitrogen and oxygen atoms in total. The average molecular weight is 243 g/mol. The number of nitrogens with zero attached hydrogens (tertiary/aromatic N) is 4. The zero-order valence-electron chi connectivity index (χ0n) is 10.2. The zero-order chi connectivity index (χ0) is 13.0. The van der Waals surface area contributed by atoms with Crippen molar-refractivity contribution in [3.8, 4) is 0 Å². The first-order valence-corrected chi connectivity index (χ1v) is 5.51. The maximum absolute atomic E-state index is 10.9. The minimum absolute atomic E-state index is 0.0729. The summed E-state index contributed by atoms with van der Waals surface area (Å²) in [6.07, 6.45) is 3.44. The first kappa shape index (κ1) is 12.1. The molecule has 18 heavy (non-hydrogen) atoms. The van der Waals surface area contributed by atoms with Crippen LogP contribution in [-0.2, 0) is 4.79 Å². The van der Waals surface area contributed by atoms with Crippen molar-refractivity contribution in [2.24, 2.45) is 5.10 Å². The van der Waals surface area contributed by atoms with Crippen LogP contribution in [0.15, 0.2) is 29.8 Å². The molecule has 0 radical (unpaired) electrons. The van der Waals surface area contributed by atoms with E-state index in [-0.39, 0.29) is 5.78 Å². The lowest BCUT2D eigenvalue weighted by molar-refractivity contribution is -0.115. The topological polar surface area (TPSA) is 80.1 Å². The van der Waals surface area contributed by atoms with Gasteiger partial charge in [-0.05, 0) is 26.0 Å². The van der Waals surface area contributed by atoms with Crippen LogP contribution in [0.4, 0.5) is 5.82 Å². The van der Waals surface area contributed by atoms with Crippen LogP contribution < -0.4 is 5.43 Å². The van der Waals surface area contributed by atoms with E-state index in [0.717, 1.165) is 5.52 Å². The Balaban J connectivity index is 2.24. The third-order valence-corrected chi connectivity index (χ3v) is 2.25. The minimum Gasteiger partial charge on any atom is -0.300 e. The Kier molecular flexibility index (Phi) is 3.57. The van der Waals surface area contributed by atoms with Crippen LogP contribution >= 0.6 is 0 Å². The van der Waals surface area contributed by atoms with Gasteiger partial charge in [0.2, 0.25) is 0 Å². The van der Waals surface area contributed by atoms with Crippen LogP contribution in [0, 0.1) is 0 Å². The van der Waals surface area contributed by atoms with Gasteiger partial charge in [0.1, 0.15) is 17.6 Å². The standard InChI is InChI=1S/C12H13N5O/c1-8(6-9(2)18)16-17-12-11-10(14-7-15-12)4-3-5-13-11/h3-5,7H,6H2,1-2H3,(H,14,15,17). The van der Waals surface area contributed by atoms with Crippen LogP contribution in [0.5, 0.6) is 0 Å². The Hall–Kier alpha value is -2.37. The van der Waals surface area contributed by atoms with Gasteiger partial charge >= 0.3 is 0 Å². The molecular formula is C12H13N5O. The number of fused-ring (bicyclic) bond motifs is 1. The quantitative estimate of drug-likeness (QED) is 0.654. The van der Waals surface area contributed by atoms with Crippen LogP contribution in [0.3, 0.4) is 0 Å². The zero-order valence-corrected chi connectivity index (χ0v) is 10.2. The van der Waals surface area contributed by atoms with Crippen molar-refractivity contribution in [1.82, 2.24) is 15.0 Å². The molecule has 2 aromatic heterocycles. The van der Waals surface area contributed by atoms with Gasteiger partial charge in [0.05, 0.1) is 5.52 Å². The predicted octanol–water partition coefficient (Wildman–Crippen LogP) is 1.79. The van der Waals surface area contributed by atoms with E-state index in [0.29, 0.717) is 23.5 Å².